The van der Waals surface area contributed by atoms with E-state index >= 15 is 0 Å². The number of halogens is 1. The van der Waals surface area contributed by atoms with Crippen LogP contribution in [0, 0.1) is 11.3 Å². The summed E-state index contributed by atoms with van der Waals surface area (Å²) in [5.74, 6) is -0.790. The van der Waals surface area contributed by atoms with Crippen molar-refractivity contribution in [3.05, 3.63) is 75.2 Å². The molecule has 0 unspecified atom stereocenters. The Morgan fingerprint density at radius 2 is 1.83 bits per heavy atom. The number of piperazine rings is 1. The quantitative estimate of drug-likeness (QED) is 0.543. The molecule has 10 nitrogen and oxygen atoms in total. The van der Waals surface area contributed by atoms with Crippen molar-refractivity contribution < 1.29 is 9.59 Å². The zero-order valence-corrected chi connectivity index (χ0v) is 20.5. The van der Waals surface area contributed by atoms with Crippen molar-refractivity contribution >= 4 is 29.2 Å². The number of rotatable bonds is 5. The molecule has 2 aromatic heterocycles. The molecule has 1 saturated heterocycles. The number of benzene rings is 1. The summed E-state index contributed by atoms with van der Waals surface area (Å²) in [5, 5.41) is 20.2. The van der Waals surface area contributed by atoms with Gasteiger partial charge in [0.1, 0.15) is 24.1 Å². The van der Waals surface area contributed by atoms with Crippen LogP contribution in [0.5, 0.6) is 0 Å². The molecule has 1 fully saturated rings. The molecule has 0 aliphatic carbocycles. The third kappa shape index (κ3) is 5.94. The highest BCUT2D eigenvalue weighted by Crippen LogP contribution is 2.19. The molecule has 3 heterocycles. The Labute approximate surface area is 212 Å². The highest BCUT2D eigenvalue weighted by Gasteiger charge is 2.26. The Bertz CT molecular complexity index is 1390. The fraction of sp³-hybridized carbons (Fsp3) is 0.280. The van der Waals surface area contributed by atoms with Gasteiger partial charge in [-0.2, -0.15) is 10.4 Å². The highest BCUT2D eigenvalue weighted by molar-refractivity contribution is 6.30. The number of nitriles is 1. The minimum Gasteiger partial charge on any atom is -0.336 e. The van der Waals surface area contributed by atoms with Gasteiger partial charge in [-0.05, 0) is 44.2 Å². The van der Waals surface area contributed by atoms with Gasteiger partial charge < -0.3 is 15.5 Å². The van der Waals surface area contributed by atoms with Crippen LogP contribution in [0.4, 0.5) is 5.82 Å². The molecule has 4 rings (SSSR count). The van der Waals surface area contributed by atoms with Crippen molar-refractivity contribution in [2.24, 2.45) is 0 Å². The van der Waals surface area contributed by atoms with E-state index in [0.717, 1.165) is 10.2 Å². The maximum absolute atomic E-state index is 13.1. The molecule has 36 heavy (non-hydrogen) atoms. The van der Waals surface area contributed by atoms with Gasteiger partial charge in [-0.1, -0.05) is 23.7 Å². The number of pyridine rings is 1. The van der Waals surface area contributed by atoms with E-state index < -0.39 is 11.5 Å². The second-order valence-corrected chi connectivity index (χ2v) is 9.12. The molecule has 1 aromatic carbocycles. The van der Waals surface area contributed by atoms with Crippen LogP contribution in [0.15, 0.2) is 53.3 Å². The van der Waals surface area contributed by atoms with E-state index in [1.807, 2.05) is 19.9 Å². The average Bonchev–Trinajstić information content (AvgIpc) is 2.84. The number of anilines is 1. The third-order valence-electron chi connectivity index (χ3n) is 5.60. The fourth-order valence-corrected chi connectivity index (χ4v) is 4.23. The molecule has 1 aliphatic rings. The van der Waals surface area contributed by atoms with Crippen molar-refractivity contribution in [3.8, 4) is 17.3 Å². The topological polar surface area (TPSA) is 133 Å². The summed E-state index contributed by atoms with van der Waals surface area (Å²) < 4.78 is 1.03. The molecule has 0 spiro atoms. The molecule has 2 N–H and O–H groups in total. The van der Waals surface area contributed by atoms with Crippen molar-refractivity contribution in [2.45, 2.75) is 32.5 Å². The predicted molar refractivity (Wildman–Crippen MR) is 134 cm³/mol. The first kappa shape index (κ1) is 25.0. The first-order valence-electron chi connectivity index (χ1n) is 11.3. The van der Waals surface area contributed by atoms with Crippen LogP contribution in [0.2, 0.25) is 5.02 Å². The number of carbonyl (C=O) groups is 2. The van der Waals surface area contributed by atoms with Gasteiger partial charge in [-0.25, -0.2) is 9.67 Å². The van der Waals surface area contributed by atoms with Gasteiger partial charge in [-0.15, -0.1) is 0 Å². The molecule has 184 valence electrons. The molecule has 0 bridgehead atoms. The number of nitrogens with one attached hydrogen (secondary N) is 2. The van der Waals surface area contributed by atoms with E-state index in [1.54, 1.807) is 35.2 Å². The molecule has 11 heteroatoms. The fourth-order valence-electron chi connectivity index (χ4n) is 4.11. The maximum Gasteiger partial charge on any atom is 0.267 e. The summed E-state index contributed by atoms with van der Waals surface area (Å²) in [6.45, 7) is 4.65. The summed E-state index contributed by atoms with van der Waals surface area (Å²) in [6.07, 6.45) is 0. The van der Waals surface area contributed by atoms with Crippen molar-refractivity contribution in [1.82, 2.24) is 25.0 Å². The largest absolute Gasteiger partial charge is 0.336 e. The zero-order valence-electron chi connectivity index (χ0n) is 19.7. The summed E-state index contributed by atoms with van der Waals surface area (Å²) in [6, 6.07) is 14.8. The van der Waals surface area contributed by atoms with Gasteiger partial charge >= 0.3 is 0 Å². The number of nitrogens with zero attached hydrogens (tertiary/aromatic N) is 5. The number of hydrogen-bond donors (Lipinski definition) is 2. The van der Waals surface area contributed by atoms with Crippen LogP contribution in [-0.4, -0.2) is 56.7 Å². The standard InChI is InChI=1S/C25H24ClN7O3/c1-15-12-32(13-16(2)28-15)25(36)18-9-20(11-27)29-22(10-18)30-23(34)14-33-24(35)8-7-21(31-33)17-3-5-19(26)6-4-17/h3-10,15-16,28H,12-14H2,1-2H3,(H,29,30,34)/t15-,16+. The number of amides is 2. The van der Waals surface area contributed by atoms with E-state index in [0.29, 0.717) is 23.8 Å². The lowest BCUT2D eigenvalue weighted by molar-refractivity contribution is -0.117. The molecular formula is C25H24ClN7O3. The maximum atomic E-state index is 13.1. The molecular weight excluding hydrogens is 482 g/mol. The van der Waals surface area contributed by atoms with Crippen molar-refractivity contribution in [2.75, 3.05) is 18.4 Å². The van der Waals surface area contributed by atoms with Gasteiger partial charge in [0.2, 0.25) is 5.91 Å². The van der Waals surface area contributed by atoms with Gasteiger partial charge in [0.15, 0.2) is 0 Å². The monoisotopic (exact) mass is 505 g/mol. The Kier molecular flexibility index (Phi) is 7.43. The van der Waals surface area contributed by atoms with Gasteiger partial charge in [0, 0.05) is 47.4 Å². The Hall–Kier alpha value is -4.07. The molecule has 2 amide bonds. The lowest BCUT2D eigenvalue weighted by Crippen LogP contribution is -2.55. The Balaban J connectivity index is 1.52. The summed E-state index contributed by atoms with van der Waals surface area (Å²) >= 11 is 5.93. The smallest absolute Gasteiger partial charge is 0.267 e. The first-order valence-corrected chi connectivity index (χ1v) is 11.7. The molecule has 1 aliphatic heterocycles. The van der Waals surface area contributed by atoms with E-state index in [1.165, 1.54) is 18.2 Å². The summed E-state index contributed by atoms with van der Waals surface area (Å²) in [5.41, 5.74) is 1.01. The van der Waals surface area contributed by atoms with E-state index in [4.69, 9.17) is 11.6 Å². The third-order valence-corrected chi connectivity index (χ3v) is 5.85. The minimum absolute atomic E-state index is 0.00703. The van der Waals surface area contributed by atoms with Gasteiger partial charge in [0.25, 0.3) is 11.5 Å². The number of hydrogen-bond acceptors (Lipinski definition) is 7. The minimum atomic E-state index is -0.580. The highest BCUT2D eigenvalue weighted by atomic mass is 35.5. The molecule has 2 atom stereocenters. The number of aromatic nitrogens is 3. The van der Waals surface area contributed by atoms with Crippen molar-refractivity contribution in [3.63, 3.8) is 0 Å². The summed E-state index contributed by atoms with van der Waals surface area (Å²) in [7, 11) is 0. The van der Waals surface area contributed by atoms with Gasteiger partial charge in [-0.3, -0.25) is 14.4 Å². The van der Waals surface area contributed by atoms with Crippen LogP contribution in [0.25, 0.3) is 11.3 Å². The predicted octanol–water partition coefficient (Wildman–Crippen LogP) is 2.29. The van der Waals surface area contributed by atoms with Crippen LogP contribution in [-0.2, 0) is 11.3 Å². The van der Waals surface area contributed by atoms with E-state index in [9.17, 15) is 19.6 Å². The second-order valence-electron chi connectivity index (χ2n) is 8.69. The van der Waals surface area contributed by atoms with E-state index in [-0.39, 0.29) is 41.6 Å². The molecule has 0 saturated carbocycles. The average molecular weight is 506 g/mol. The Morgan fingerprint density at radius 1 is 1.14 bits per heavy atom. The van der Waals surface area contributed by atoms with E-state index in [2.05, 4.69) is 20.7 Å². The lowest BCUT2D eigenvalue weighted by atomic mass is 10.1. The second kappa shape index (κ2) is 10.7. The summed E-state index contributed by atoms with van der Waals surface area (Å²) in [4.78, 5) is 44.0. The van der Waals surface area contributed by atoms with Crippen molar-refractivity contribution in [1.29, 1.82) is 5.26 Å². The van der Waals surface area contributed by atoms with Gasteiger partial charge in [0.05, 0.1) is 5.69 Å². The molecule has 0 radical (unpaired) electrons. The van der Waals surface area contributed by atoms with Crippen LogP contribution < -0.4 is 16.2 Å². The zero-order chi connectivity index (χ0) is 25.8. The van der Waals surface area contributed by atoms with Crippen LogP contribution in [0.1, 0.15) is 29.9 Å². The number of carbonyl (C=O) groups excluding carboxylic acids is 2. The normalized spacial score (nSPS) is 17.3. The van der Waals surface area contributed by atoms with Crippen LogP contribution >= 0.6 is 11.6 Å². The molecule has 3 aromatic rings. The SMILES string of the molecule is C[C@@H]1CN(C(=O)c2cc(C#N)nc(NC(=O)Cn3nc(-c4ccc(Cl)cc4)ccc3=O)c2)C[C@H](C)N1. The first-order chi connectivity index (χ1) is 17.2. The Morgan fingerprint density at radius 3 is 2.50 bits per heavy atom. The lowest BCUT2D eigenvalue weighted by Gasteiger charge is -2.36. The van der Waals surface area contributed by atoms with Crippen LogP contribution in [0.3, 0.4) is 0 Å².